The number of amides is 2. The van der Waals surface area contributed by atoms with E-state index in [9.17, 15) is 9.59 Å². The summed E-state index contributed by atoms with van der Waals surface area (Å²) < 4.78 is 5.27. The first-order valence-corrected chi connectivity index (χ1v) is 6.41. The number of carboxylic acids is 1. The van der Waals surface area contributed by atoms with Crippen LogP contribution in [0.25, 0.3) is 0 Å². The second-order valence-corrected chi connectivity index (χ2v) is 4.61. The Morgan fingerprint density at radius 1 is 1.44 bits per heavy atom. The lowest BCUT2D eigenvalue weighted by molar-refractivity contribution is -0.139. The van der Waals surface area contributed by atoms with E-state index in [1.165, 1.54) is 0 Å². The van der Waals surface area contributed by atoms with E-state index in [1.807, 2.05) is 6.92 Å². The molecule has 0 bridgehead atoms. The molecule has 0 spiro atoms. The van der Waals surface area contributed by atoms with Gasteiger partial charge in [-0.25, -0.2) is 9.59 Å². The maximum Gasteiger partial charge on any atom is 0.326 e. The SMILES string of the molecule is CCC[C@H](NC(=O)NC1CCCC1OC)C(=O)O. The van der Waals surface area contributed by atoms with Crippen molar-refractivity contribution < 1.29 is 19.4 Å². The molecule has 1 rings (SSSR count). The minimum Gasteiger partial charge on any atom is -0.480 e. The molecule has 1 saturated carbocycles. The van der Waals surface area contributed by atoms with Crippen LogP contribution in [0.1, 0.15) is 39.0 Å². The van der Waals surface area contributed by atoms with E-state index >= 15 is 0 Å². The quantitative estimate of drug-likeness (QED) is 0.666. The largest absolute Gasteiger partial charge is 0.480 e. The minimum absolute atomic E-state index is 0.0222. The molecule has 0 saturated heterocycles. The number of carboxylic acid groups (broad SMARTS) is 1. The average Bonchev–Trinajstić information content (AvgIpc) is 2.75. The molecule has 1 aliphatic rings. The summed E-state index contributed by atoms with van der Waals surface area (Å²) in [6.45, 7) is 1.88. The molecule has 104 valence electrons. The molecule has 0 aromatic heterocycles. The molecule has 1 aliphatic carbocycles. The summed E-state index contributed by atoms with van der Waals surface area (Å²) in [5.41, 5.74) is 0. The fourth-order valence-electron chi connectivity index (χ4n) is 2.29. The van der Waals surface area contributed by atoms with Gasteiger partial charge in [0.1, 0.15) is 6.04 Å². The number of hydrogen-bond acceptors (Lipinski definition) is 3. The van der Waals surface area contributed by atoms with Crippen LogP contribution < -0.4 is 10.6 Å². The van der Waals surface area contributed by atoms with Crippen LogP contribution in [0.3, 0.4) is 0 Å². The zero-order valence-corrected chi connectivity index (χ0v) is 10.9. The molecule has 3 N–H and O–H groups in total. The average molecular weight is 258 g/mol. The van der Waals surface area contributed by atoms with Gasteiger partial charge in [-0.15, -0.1) is 0 Å². The van der Waals surface area contributed by atoms with Crippen LogP contribution in [-0.4, -0.2) is 42.4 Å². The first kappa shape index (κ1) is 14.8. The summed E-state index contributed by atoms with van der Waals surface area (Å²) in [4.78, 5) is 22.6. The highest BCUT2D eigenvalue weighted by Gasteiger charge is 2.29. The van der Waals surface area contributed by atoms with Gasteiger partial charge in [-0.2, -0.15) is 0 Å². The Bertz CT molecular complexity index is 296. The Kier molecular flexibility index (Phi) is 5.91. The molecule has 0 aliphatic heterocycles. The van der Waals surface area contributed by atoms with Gasteiger partial charge in [0.2, 0.25) is 0 Å². The molecular weight excluding hydrogens is 236 g/mol. The van der Waals surface area contributed by atoms with Crippen molar-refractivity contribution in [1.82, 2.24) is 10.6 Å². The molecule has 6 nitrogen and oxygen atoms in total. The normalized spacial score (nSPS) is 24.6. The van der Waals surface area contributed by atoms with Gasteiger partial charge in [0.05, 0.1) is 12.1 Å². The predicted octanol–water partition coefficient (Wildman–Crippen LogP) is 1.11. The number of nitrogens with one attached hydrogen (secondary N) is 2. The van der Waals surface area contributed by atoms with E-state index in [-0.39, 0.29) is 12.1 Å². The Morgan fingerprint density at radius 2 is 2.17 bits per heavy atom. The number of aliphatic carboxylic acids is 1. The Balaban J connectivity index is 2.42. The van der Waals surface area contributed by atoms with E-state index in [0.29, 0.717) is 12.8 Å². The molecule has 0 aromatic rings. The fourth-order valence-corrected chi connectivity index (χ4v) is 2.29. The fraction of sp³-hybridized carbons (Fsp3) is 0.833. The third-order valence-electron chi connectivity index (χ3n) is 3.25. The van der Waals surface area contributed by atoms with E-state index in [4.69, 9.17) is 9.84 Å². The zero-order valence-electron chi connectivity index (χ0n) is 10.9. The summed E-state index contributed by atoms with van der Waals surface area (Å²) in [6.07, 6.45) is 3.99. The number of urea groups is 1. The van der Waals surface area contributed by atoms with Crippen molar-refractivity contribution in [3.05, 3.63) is 0 Å². The van der Waals surface area contributed by atoms with Crippen LogP contribution in [0.2, 0.25) is 0 Å². The maximum atomic E-state index is 11.7. The lowest BCUT2D eigenvalue weighted by Crippen LogP contribution is -2.50. The van der Waals surface area contributed by atoms with Crippen molar-refractivity contribution in [3.8, 4) is 0 Å². The van der Waals surface area contributed by atoms with Gasteiger partial charge >= 0.3 is 12.0 Å². The van der Waals surface area contributed by atoms with Gasteiger partial charge in [-0.3, -0.25) is 0 Å². The molecule has 2 amide bonds. The molecule has 0 radical (unpaired) electrons. The van der Waals surface area contributed by atoms with Crippen LogP contribution in [0.4, 0.5) is 4.79 Å². The monoisotopic (exact) mass is 258 g/mol. The smallest absolute Gasteiger partial charge is 0.326 e. The lowest BCUT2D eigenvalue weighted by atomic mass is 10.2. The molecular formula is C12H22N2O4. The highest BCUT2D eigenvalue weighted by Crippen LogP contribution is 2.21. The van der Waals surface area contributed by atoms with E-state index < -0.39 is 18.0 Å². The number of carbonyl (C=O) groups excluding carboxylic acids is 1. The van der Waals surface area contributed by atoms with Crippen molar-refractivity contribution in [2.24, 2.45) is 0 Å². The van der Waals surface area contributed by atoms with E-state index in [2.05, 4.69) is 10.6 Å². The summed E-state index contributed by atoms with van der Waals surface area (Å²) in [5, 5.41) is 14.2. The van der Waals surface area contributed by atoms with Crippen LogP contribution in [0.15, 0.2) is 0 Å². The van der Waals surface area contributed by atoms with Gasteiger partial charge in [0, 0.05) is 7.11 Å². The van der Waals surface area contributed by atoms with Gasteiger partial charge in [-0.05, 0) is 25.7 Å². The third-order valence-corrected chi connectivity index (χ3v) is 3.25. The standard InChI is InChI=1S/C12H22N2O4/c1-3-5-9(11(15)16)14-12(17)13-8-6-4-7-10(8)18-2/h8-10H,3-7H2,1-2H3,(H,15,16)(H2,13,14,17)/t8?,9-,10?/m0/s1. The number of rotatable bonds is 6. The van der Waals surface area contributed by atoms with E-state index in [0.717, 1.165) is 19.3 Å². The summed E-state index contributed by atoms with van der Waals surface area (Å²) >= 11 is 0. The molecule has 18 heavy (non-hydrogen) atoms. The highest BCUT2D eigenvalue weighted by atomic mass is 16.5. The second-order valence-electron chi connectivity index (χ2n) is 4.61. The third kappa shape index (κ3) is 4.18. The minimum atomic E-state index is -0.998. The Morgan fingerprint density at radius 3 is 2.72 bits per heavy atom. The number of hydrogen-bond donors (Lipinski definition) is 3. The number of methoxy groups -OCH3 is 1. The van der Waals surface area contributed by atoms with Crippen molar-refractivity contribution >= 4 is 12.0 Å². The first-order valence-electron chi connectivity index (χ1n) is 6.41. The molecule has 2 unspecified atom stereocenters. The van der Waals surface area contributed by atoms with Crippen LogP contribution in [0.5, 0.6) is 0 Å². The van der Waals surface area contributed by atoms with Gasteiger partial charge in [0.15, 0.2) is 0 Å². The lowest BCUT2D eigenvalue weighted by Gasteiger charge is -2.21. The van der Waals surface area contributed by atoms with Crippen molar-refractivity contribution in [3.63, 3.8) is 0 Å². The zero-order chi connectivity index (χ0) is 13.5. The van der Waals surface area contributed by atoms with Crippen LogP contribution >= 0.6 is 0 Å². The van der Waals surface area contributed by atoms with Gasteiger partial charge in [-0.1, -0.05) is 13.3 Å². The second kappa shape index (κ2) is 7.20. The summed E-state index contributed by atoms with van der Waals surface area (Å²) in [6, 6.07) is -1.27. The predicted molar refractivity (Wildman–Crippen MR) is 66.4 cm³/mol. The maximum absolute atomic E-state index is 11.7. The molecule has 0 aromatic carbocycles. The van der Waals surface area contributed by atoms with E-state index in [1.54, 1.807) is 7.11 Å². The molecule has 3 atom stereocenters. The molecule has 1 fully saturated rings. The Labute approximate surface area is 107 Å². The number of carbonyl (C=O) groups is 2. The molecule has 0 heterocycles. The Hall–Kier alpha value is -1.30. The van der Waals surface area contributed by atoms with Crippen molar-refractivity contribution in [2.45, 2.75) is 57.2 Å². The van der Waals surface area contributed by atoms with Gasteiger partial charge < -0.3 is 20.5 Å². The summed E-state index contributed by atoms with van der Waals surface area (Å²) in [5.74, 6) is -0.998. The van der Waals surface area contributed by atoms with Crippen LogP contribution in [0, 0.1) is 0 Å². The number of ether oxygens (including phenoxy) is 1. The topological polar surface area (TPSA) is 87.7 Å². The molecule has 6 heteroatoms. The summed E-state index contributed by atoms with van der Waals surface area (Å²) in [7, 11) is 1.62. The van der Waals surface area contributed by atoms with Crippen LogP contribution in [-0.2, 0) is 9.53 Å². The van der Waals surface area contributed by atoms with Gasteiger partial charge in [0.25, 0.3) is 0 Å². The van der Waals surface area contributed by atoms with Crippen molar-refractivity contribution in [2.75, 3.05) is 7.11 Å². The van der Waals surface area contributed by atoms with Crippen molar-refractivity contribution in [1.29, 1.82) is 0 Å². The highest BCUT2D eigenvalue weighted by molar-refractivity contribution is 5.82. The first-order chi connectivity index (χ1) is 8.58.